The summed E-state index contributed by atoms with van der Waals surface area (Å²) in [4.78, 5) is 39.7. The van der Waals surface area contributed by atoms with Gasteiger partial charge >= 0.3 is 0 Å². The number of hydrogen-bond donors (Lipinski definition) is 1. The lowest BCUT2D eigenvalue weighted by Crippen LogP contribution is -2.21. The molecule has 6 aromatic rings. The number of anilines is 5. The van der Waals surface area contributed by atoms with Crippen LogP contribution >= 0.6 is 0 Å². The smallest absolute Gasteiger partial charge is 0.277 e. The Hall–Kier alpha value is -6.54. The Bertz CT molecular complexity index is 2210. The largest absolute Gasteiger partial charge is 0.398 e. The fourth-order valence-corrected chi connectivity index (χ4v) is 6.43. The van der Waals surface area contributed by atoms with E-state index in [-0.39, 0.29) is 17.5 Å². The van der Waals surface area contributed by atoms with E-state index in [0.717, 1.165) is 39.3 Å². The van der Waals surface area contributed by atoms with Gasteiger partial charge in [-0.1, -0.05) is 103 Å². The normalized spacial score (nSPS) is 13.1. The second kappa shape index (κ2) is 12.7. The molecule has 0 fully saturated rings. The summed E-state index contributed by atoms with van der Waals surface area (Å²) in [5.74, 6) is 0.0559. The molecule has 0 radical (unpaired) electrons. The first-order valence-electron chi connectivity index (χ1n) is 15.5. The summed E-state index contributed by atoms with van der Waals surface area (Å²) >= 11 is 0. The van der Waals surface area contributed by atoms with Crippen LogP contribution < -0.4 is 15.5 Å². The molecule has 8 nitrogen and oxygen atoms in total. The molecule has 2 N–H and O–H groups in total. The predicted octanol–water partition coefficient (Wildman–Crippen LogP) is 8.64. The molecule has 2 heterocycles. The third-order valence-corrected chi connectivity index (χ3v) is 8.58. The molecule has 2 amide bonds. The quantitative estimate of drug-likeness (QED) is 0.116. The highest BCUT2D eigenvalue weighted by Gasteiger charge is 2.31. The highest BCUT2D eigenvalue weighted by molar-refractivity contribution is 6.11. The number of carbonyl (C=O) groups excluding carboxylic acids is 2. The minimum atomic E-state index is -0.397. The number of fused-ring (bicyclic) bond motifs is 2. The van der Waals surface area contributed by atoms with E-state index < -0.39 is 4.92 Å². The van der Waals surface area contributed by atoms with Crippen molar-refractivity contribution in [3.8, 4) is 22.3 Å². The molecule has 8 rings (SSSR count). The Balaban J connectivity index is 0.000000152. The van der Waals surface area contributed by atoms with Gasteiger partial charge in [-0.3, -0.25) is 29.5 Å². The number of hydrogen-bond acceptors (Lipinski definition) is 5. The van der Waals surface area contributed by atoms with E-state index >= 15 is 0 Å². The average Bonchev–Trinajstić information content (AvgIpc) is 3.63. The third-order valence-electron chi connectivity index (χ3n) is 8.58. The van der Waals surface area contributed by atoms with Gasteiger partial charge in [-0.05, 0) is 47.5 Å². The molecule has 0 unspecified atom stereocenters. The minimum absolute atomic E-state index is 0.0230. The predicted molar refractivity (Wildman–Crippen MR) is 189 cm³/mol. The molecule has 0 saturated heterocycles. The van der Waals surface area contributed by atoms with Gasteiger partial charge in [-0.2, -0.15) is 0 Å². The number of carbonyl (C=O) groups is 2. The van der Waals surface area contributed by atoms with E-state index in [2.05, 4.69) is 0 Å². The topological polar surface area (TPSA) is 110 Å². The van der Waals surface area contributed by atoms with Crippen molar-refractivity contribution in [2.24, 2.45) is 0 Å². The van der Waals surface area contributed by atoms with E-state index in [1.165, 1.54) is 6.07 Å². The number of rotatable bonds is 5. The van der Waals surface area contributed by atoms with Crippen LogP contribution in [0, 0.1) is 10.1 Å². The standard InChI is InChI=1S/C20H14N2O3.C20H16N2O/c23-20-13-14-7-1-4-10-17(14)21(20)18-11-5-2-8-15(18)16-9-3-6-12-19(16)22(24)25;21-17-10-4-2-8-15(17)16-9-3-6-12-19(16)22-18-11-5-1-7-14(18)13-20(22)23/h1-12H,13H2;1-12H,13,21H2. The molecule has 0 aromatic heterocycles. The molecule has 0 spiro atoms. The maximum absolute atomic E-state index is 12.6. The van der Waals surface area contributed by atoms with Crippen molar-refractivity contribution in [3.63, 3.8) is 0 Å². The maximum Gasteiger partial charge on any atom is 0.277 e. The fraction of sp³-hybridized carbons (Fsp3) is 0.0500. The molecule has 48 heavy (non-hydrogen) atoms. The SMILES string of the molecule is Nc1ccccc1-c1ccccc1N1C(=O)Cc2ccccc21.O=C1Cc2ccccc2N1c1ccccc1-c1ccccc1[N+](=O)[O-]. The molecule has 0 saturated carbocycles. The van der Waals surface area contributed by atoms with Crippen LogP contribution in [-0.2, 0) is 22.4 Å². The number of para-hydroxylation sites is 6. The first-order chi connectivity index (χ1) is 23.4. The minimum Gasteiger partial charge on any atom is -0.398 e. The molecule has 6 aromatic carbocycles. The Morgan fingerprint density at radius 2 is 0.854 bits per heavy atom. The van der Waals surface area contributed by atoms with Crippen LogP contribution in [0.25, 0.3) is 22.3 Å². The van der Waals surface area contributed by atoms with Crippen LogP contribution in [0.15, 0.2) is 146 Å². The number of nitro benzene ring substituents is 1. The molecule has 0 aliphatic carbocycles. The lowest BCUT2D eigenvalue weighted by molar-refractivity contribution is -0.384. The summed E-state index contributed by atoms with van der Waals surface area (Å²) in [5, 5.41) is 11.4. The monoisotopic (exact) mass is 630 g/mol. The van der Waals surface area contributed by atoms with Gasteiger partial charge in [0.1, 0.15) is 0 Å². The van der Waals surface area contributed by atoms with Crippen molar-refractivity contribution in [1.29, 1.82) is 0 Å². The van der Waals surface area contributed by atoms with Gasteiger partial charge in [0, 0.05) is 28.4 Å². The van der Waals surface area contributed by atoms with Gasteiger partial charge < -0.3 is 5.73 Å². The van der Waals surface area contributed by atoms with E-state index in [0.29, 0.717) is 35.3 Å². The average molecular weight is 631 g/mol. The van der Waals surface area contributed by atoms with Gasteiger partial charge in [-0.25, -0.2) is 0 Å². The molecule has 0 atom stereocenters. The molecular formula is C40H30N4O4. The zero-order valence-electron chi connectivity index (χ0n) is 25.8. The maximum atomic E-state index is 12.6. The van der Waals surface area contributed by atoms with Crippen LogP contribution in [0.1, 0.15) is 11.1 Å². The summed E-state index contributed by atoms with van der Waals surface area (Å²) in [6.45, 7) is 0. The first-order valence-corrected chi connectivity index (χ1v) is 15.5. The second-order valence-corrected chi connectivity index (χ2v) is 11.5. The number of nitrogens with zero attached hydrogens (tertiary/aromatic N) is 3. The summed E-state index contributed by atoms with van der Waals surface area (Å²) in [6.07, 6.45) is 0.774. The lowest BCUT2D eigenvalue weighted by atomic mass is 10.0. The molecule has 234 valence electrons. The summed E-state index contributed by atoms with van der Waals surface area (Å²) in [7, 11) is 0. The van der Waals surface area contributed by atoms with Crippen LogP contribution in [0.2, 0.25) is 0 Å². The van der Waals surface area contributed by atoms with E-state index in [1.54, 1.807) is 28.0 Å². The third kappa shape index (κ3) is 5.45. The van der Waals surface area contributed by atoms with Crippen molar-refractivity contribution in [2.45, 2.75) is 12.8 Å². The van der Waals surface area contributed by atoms with Crippen molar-refractivity contribution in [2.75, 3.05) is 15.5 Å². The highest BCUT2D eigenvalue weighted by Crippen LogP contribution is 2.43. The van der Waals surface area contributed by atoms with Crippen LogP contribution in [0.3, 0.4) is 0 Å². The number of amides is 2. The van der Waals surface area contributed by atoms with Gasteiger partial charge in [-0.15, -0.1) is 0 Å². The van der Waals surface area contributed by atoms with E-state index in [9.17, 15) is 19.7 Å². The summed E-state index contributed by atoms with van der Waals surface area (Å²) < 4.78 is 0. The van der Waals surface area contributed by atoms with E-state index in [4.69, 9.17) is 5.73 Å². The number of nitrogen functional groups attached to an aromatic ring is 1. The van der Waals surface area contributed by atoms with Crippen molar-refractivity contribution in [1.82, 2.24) is 0 Å². The van der Waals surface area contributed by atoms with Gasteiger partial charge in [0.25, 0.3) is 5.69 Å². The molecule has 2 aliphatic rings. The molecular weight excluding hydrogens is 600 g/mol. The Morgan fingerprint density at radius 1 is 0.479 bits per heavy atom. The lowest BCUT2D eigenvalue weighted by Gasteiger charge is -2.21. The zero-order valence-corrected chi connectivity index (χ0v) is 25.8. The first kappa shape index (κ1) is 30.1. The zero-order chi connectivity index (χ0) is 33.2. The van der Waals surface area contributed by atoms with Crippen molar-refractivity contribution in [3.05, 3.63) is 167 Å². The fourth-order valence-electron chi connectivity index (χ4n) is 6.43. The number of benzene rings is 6. The number of nitro groups is 1. The molecule has 0 bridgehead atoms. The van der Waals surface area contributed by atoms with Crippen molar-refractivity contribution >= 4 is 45.9 Å². The second-order valence-electron chi connectivity index (χ2n) is 11.5. The van der Waals surface area contributed by atoms with Crippen LogP contribution in [0.5, 0.6) is 0 Å². The summed E-state index contributed by atoms with van der Waals surface area (Å²) in [6, 6.07) is 45.1. The molecule has 8 heteroatoms. The van der Waals surface area contributed by atoms with E-state index in [1.807, 2.05) is 121 Å². The van der Waals surface area contributed by atoms with Gasteiger partial charge in [0.15, 0.2) is 0 Å². The number of nitrogens with two attached hydrogens (primary N) is 1. The Kier molecular flexibility index (Phi) is 7.97. The van der Waals surface area contributed by atoms with Crippen LogP contribution in [0.4, 0.5) is 34.1 Å². The molecule has 2 aliphatic heterocycles. The van der Waals surface area contributed by atoms with Crippen LogP contribution in [-0.4, -0.2) is 16.7 Å². The summed E-state index contributed by atoms with van der Waals surface area (Å²) in [5.41, 5.74) is 15.3. The van der Waals surface area contributed by atoms with Crippen molar-refractivity contribution < 1.29 is 14.5 Å². The highest BCUT2D eigenvalue weighted by atomic mass is 16.6. The van der Waals surface area contributed by atoms with Gasteiger partial charge in [0.05, 0.1) is 46.1 Å². The Morgan fingerprint density at radius 3 is 1.35 bits per heavy atom. The Labute approximate surface area is 277 Å². The van der Waals surface area contributed by atoms with Gasteiger partial charge in [0.2, 0.25) is 11.8 Å².